The highest BCUT2D eigenvalue weighted by molar-refractivity contribution is 7.46. The summed E-state index contributed by atoms with van der Waals surface area (Å²) >= 11 is 0. The van der Waals surface area contributed by atoms with E-state index in [1.807, 2.05) is 0 Å². The summed E-state index contributed by atoms with van der Waals surface area (Å²) in [5.41, 5.74) is 0. The molecule has 220 valence electrons. The van der Waals surface area contributed by atoms with Crippen molar-refractivity contribution in [2.45, 2.75) is 123 Å². The Morgan fingerprint density at radius 3 is 1.95 bits per heavy atom. The molecule has 0 bridgehead atoms. The van der Waals surface area contributed by atoms with E-state index in [-0.39, 0.29) is 25.7 Å². The fraction of sp³-hybridized carbons (Fsp3) is 0.923. The zero-order valence-corrected chi connectivity index (χ0v) is 24.0. The Morgan fingerprint density at radius 2 is 1.35 bits per heavy atom. The lowest BCUT2D eigenvalue weighted by atomic mass is 10.1. The van der Waals surface area contributed by atoms with Crippen LogP contribution >= 0.6 is 7.82 Å². The van der Waals surface area contributed by atoms with Gasteiger partial charge < -0.3 is 29.3 Å². The van der Waals surface area contributed by atoms with Gasteiger partial charge in [0.15, 0.2) is 0 Å². The van der Waals surface area contributed by atoms with Crippen molar-refractivity contribution in [1.29, 1.82) is 0 Å². The number of nitrogens with one attached hydrogen (secondary N) is 1. The highest BCUT2D eigenvalue weighted by Gasteiger charge is 2.21. The molecule has 0 saturated heterocycles. The fourth-order valence-electron chi connectivity index (χ4n) is 3.72. The number of amides is 1. The number of hydrogen-bond acceptors (Lipinski definition) is 7. The van der Waals surface area contributed by atoms with Crippen molar-refractivity contribution in [2.24, 2.45) is 0 Å². The molecule has 0 saturated carbocycles. The Labute approximate surface area is 223 Å². The summed E-state index contributed by atoms with van der Waals surface area (Å²) in [6.07, 6.45) is 15.8. The van der Waals surface area contributed by atoms with E-state index >= 15 is 0 Å². The van der Waals surface area contributed by atoms with Crippen LogP contribution in [-0.4, -0.2) is 60.9 Å². The lowest BCUT2D eigenvalue weighted by Gasteiger charge is -2.18. The molecule has 0 spiro atoms. The summed E-state index contributed by atoms with van der Waals surface area (Å²) in [5.74, 6) is -0.420. The molecule has 11 heteroatoms. The summed E-state index contributed by atoms with van der Waals surface area (Å²) in [5, 5.41) is 2.78. The molecule has 3 N–H and O–H groups in total. The van der Waals surface area contributed by atoms with Crippen molar-refractivity contribution in [3.8, 4) is 0 Å². The second-order valence-corrected chi connectivity index (χ2v) is 10.7. The Bertz CT molecular complexity index is 601. The third kappa shape index (κ3) is 29.4. The molecule has 0 aliphatic heterocycles. The van der Waals surface area contributed by atoms with Gasteiger partial charge in [-0.15, -0.1) is 0 Å². The summed E-state index contributed by atoms with van der Waals surface area (Å²) in [6.45, 7) is 4.46. The van der Waals surface area contributed by atoms with Crippen molar-refractivity contribution in [3.63, 3.8) is 0 Å². The average Bonchev–Trinajstić information content (AvgIpc) is 2.83. The maximum Gasteiger partial charge on any atom is 0.469 e. The largest absolute Gasteiger partial charge is 0.469 e. The first-order valence-electron chi connectivity index (χ1n) is 14.0. The van der Waals surface area contributed by atoms with E-state index in [2.05, 4.69) is 16.8 Å². The molecule has 37 heavy (non-hydrogen) atoms. The van der Waals surface area contributed by atoms with E-state index < -0.39 is 26.5 Å². The Balaban J connectivity index is 3.89. The highest BCUT2D eigenvalue weighted by atomic mass is 31.2. The number of esters is 1. The molecule has 0 fully saturated rings. The monoisotopic (exact) mass is 553 g/mol. The molecule has 0 aliphatic rings. The van der Waals surface area contributed by atoms with Gasteiger partial charge in [0.2, 0.25) is 5.91 Å². The second-order valence-electron chi connectivity index (χ2n) is 9.48. The molecule has 0 heterocycles. The van der Waals surface area contributed by atoms with Crippen LogP contribution in [0, 0.1) is 0 Å². The molecule has 0 aromatic rings. The van der Waals surface area contributed by atoms with Crippen LogP contribution in [0.5, 0.6) is 0 Å². The third-order valence-electron chi connectivity index (χ3n) is 5.77. The van der Waals surface area contributed by atoms with Crippen LogP contribution in [0.15, 0.2) is 0 Å². The molecule has 0 unspecified atom stereocenters. The number of rotatable bonds is 27. The van der Waals surface area contributed by atoms with E-state index in [0.29, 0.717) is 6.61 Å². The van der Waals surface area contributed by atoms with Gasteiger partial charge in [-0.25, -0.2) is 4.57 Å². The van der Waals surface area contributed by atoms with Gasteiger partial charge in [-0.2, -0.15) is 0 Å². The van der Waals surface area contributed by atoms with Gasteiger partial charge >= 0.3 is 13.8 Å². The molecule has 0 aromatic carbocycles. The highest BCUT2D eigenvalue weighted by Crippen LogP contribution is 2.35. The SMILES string of the molecule is CCCCCCCCCCCC(=O)O[C@@H](COCOCCCCCCCCNC(C)=O)COP(=O)(O)O. The first-order chi connectivity index (χ1) is 17.7. The number of hydrogen-bond donors (Lipinski definition) is 3. The predicted molar refractivity (Wildman–Crippen MR) is 143 cm³/mol. The first kappa shape index (κ1) is 36.0. The average molecular weight is 554 g/mol. The van der Waals surface area contributed by atoms with Gasteiger partial charge in [0.05, 0.1) is 13.2 Å². The molecule has 0 aliphatic carbocycles. The number of phosphoric acid groups is 1. The lowest BCUT2D eigenvalue weighted by Crippen LogP contribution is -2.28. The zero-order valence-electron chi connectivity index (χ0n) is 23.1. The Kier molecular flexibility index (Phi) is 24.6. The minimum Gasteiger partial charge on any atom is -0.457 e. The number of ether oxygens (including phenoxy) is 3. The first-order valence-corrected chi connectivity index (χ1v) is 15.6. The fourth-order valence-corrected chi connectivity index (χ4v) is 4.08. The predicted octanol–water partition coefficient (Wildman–Crippen LogP) is 5.40. The second kappa shape index (κ2) is 25.3. The zero-order chi connectivity index (χ0) is 27.6. The summed E-state index contributed by atoms with van der Waals surface area (Å²) in [4.78, 5) is 40.8. The van der Waals surface area contributed by atoms with Crippen molar-refractivity contribution in [1.82, 2.24) is 5.32 Å². The van der Waals surface area contributed by atoms with Crippen molar-refractivity contribution in [3.05, 3.63) is 0 Å². The van der Waals surface area contributed by atoms with Crippen LogP contribution in [0.4, 0.5) is 0 Å². The van der Waals surface area contributed by atoms with Crippen LogP contribution in [0.2, 0.25) is 0 Å². The topological polar surface area (TPSA) is 141 Å². The number of phosphoric ester groups is 1. The summed E-state index contributed by atoms with van der Waals surface area (Å²) < 4.78 is 31.7. The van der Waals surface area contributed by atoms with Crippen LogP contribution in [0.25, 0.3) is 0 Å². The third-order valence-corrected chi connectivity index (χ3v) is 6.26. The minimum atomic E-state index is -4.68. The van der Waals surface area contributed by atoms with E-state index in [1.54, 1.807) is 0 Å². The van der Waals surface area contributed by atoms with Gasteiger partial charge in [0, 0.05) is 26.5 Å². The van der Waals surface area contributed by atoms with E-state index in [1.165, 1.54) is 45.4 Å². The normalized spacial score (nSPS) is 12.4. The van der Waals surface area contributed by atoms with Gasteiger partial charge in [-0.3, -0.25) is 14.1 Å². The maximum atomic E-state index is 12.2. The minimum absolute atomic E-state index is 0.00106. The van der Waals surface area contributed by atoms with Crippen LogP contribution in [-0.2, 0) is 32.9 Å². The smallest absolute Gasteiger partial charge is 0.457 e. The van der Waals surface area contributed by atoms with Gasteiger partial charge in [0.1, 0.15) is 12.9 Å². The number of carbonyl (C=O) groups excluding carboxylic acids is 2. The molecule has 0 aromatic heterocycles. The Hall–Kier alpha value is -1.03. The lowest BCUT2D eigenvalue weighted by molar-refractivity contribution is -0.158. The standard InChI is InChI=1S/C26H52NO9P/c1-3-4-5-6-7-8-9-12-15-18-26(29)36-25(22-35-37(30,31)32)21-34-23-33-20-17-14-11-10-13-16-19-27-24(2)28/h25H,3-23H2,1-2H3,(H,27,28)(H2,30,31,32)/t25-/m0/s1. The molecular weight excluding hydrogens is 501 g/mol. The number of carbonyl (C=O) groups is 2. The molecule has 10 nitrogen and oxygen atoms in total. The molecule has 0 radical (unpaired) electrons. The molecular formula is C26H52NO9P. The number of unbranched alkanes of at least 4 members (excludes halogenated alkanes) is 13. The van der Waals surface area contributed by atoms with Crippen molar-refractivity contribution in [2.75, 3.05) is 33.2 Å². The van der Waals surface area contributed by atoms with Crippen LogP contribution in [0.1, 0.15) is 117 Å². The van der Waals surface area contributed by atoms with Gasteiger partial charge in [0.25, 0.3) is 0 Å². The van der Waals surface area contributed by atoms with E-state index in [9.17, 15) is 14.2 Å². The van der Waals surface area contributed by atoms with Gasteiger partial charge in [-0.05, 0) is 19.3 Å². The van der Waals surface area contributed by atoms with Crippen molar-refractivity contribution < 1.29 is 42.7 Å². The van der Waals surface area contributed by atoms with Crippen molar-refractivity contribution >= 4 is 19.7 Å². The molecule has 0 rings (SSSR count). The van der Waals surface area contributed by atoms with E-state index in [4.69, 9.17) is 24.0 Å². The van der Waals surface area contributed by atoms with E-state index in [0.717, 1.165) is 64.3 Å². The molecule has 1 amide bonds. The van der Waals surface area contributed by atoms with Gasteiger partial charge in [-0.1, -0.05) is 84.0 Å². The Morgan fingerprint density at radius 1 is 0.784 bits per heavy atom. The maximum absolute atomic E-state index is 12.2. The van der Waals surface area contributed by atoms with Crippen LogP contribution < -0.4 is 5.32 Å². The summed E-state index contributed by atoms with van der Waals surface area (Å²) in [7, 11) is -4.68. The summed E-state index contributed by atoms with van der Waals surface area (Å²) in [6, 6.07) is 0. The quantitative estimate of drug-likeness (QED) is 0.0528. The molecule has 1 atom stereocenters. The van der Waals surface area contributed by atoms with Crippen LogP contribution in [0.3, 0.4) is 0 Å².